The summed E-state index contributed by atoms with van der Waals surface area (Å²) in [6.07, 6.45) is 1.10. The molecule has 0 bridgehead atoms. The van der Waals surface area contributed by atoms with Crippen LogP contribution < -0.4 is 10.1 Å². The van der Waals surface area contributed by atoms with Gasteiger partial charge in [0.2, 0.25) is 0 Å². The van der Waals surface area contributed by atoms with E-state index in [4.69, 9.17) is 4.74 Å². The van der Waals surface area contributed by atoms with Gasteiger partial charge in [-0.2, -0.15) is 0 Å². The Morgan fingerprint density at radius 2 is 1.94 bits per heavy atom. The van der Waals surface area contributed by atoms with Crippen molar-refractivity contribution in [3.8, 4) is 5.75 Å². The zero-order chi connectivity index (χ0) is 12.8. The third kappa shape index (κ3) is 4.39. The molecule has 1 unspecified atom stereocenters. The maximum atomic E-state index is 5.89. The molecule has 0 aliphatic heterocycles. The minimum absolute atomic E-state index is 0.323. The summed E-state index contributed by atoms with van der Waals surface area (Å²) in [4.78, 5) is 0. The summed E-state index contributed by atoms with van der Waals surface area (Å²) in [5, 5.41) is 3.27. The Morgan fingerprint density at radius 3 is 2.53 bits per heavy atom. The third-order valence-electron chi connectivity index (χ3n) is 3.02. The van der Waals surface area contributed by atoms with E-state index in [0.717, 1.165) is 18.8 Å². The van der Waals surface area contributed by atoms with E-state index in [1.165, 1.54) is 11.1 Å². The lowest BCUT2D eigenvalue weighted by atomic mass is 10.0. The lowest BCUT2D eigenvalue weighted by molar-refractivity contribution is 0.285. The Labute approximate surface area is 105 Å². The molecule has 0 saturated heterocycles. The van der Waals surface area contributed by atoms with Gasteiger partial charge in [-0.3, -0.25) is 0 Å². The molecule has 1 atom stereocenters. The molecule has 1 rings (SSSR count). The Balaban J connectivity index is 2.76. The summed E-state index contributed by atoms with van der Waals surface area (Å²) in [6.45, 7) is 9.50. The lowest BCUT2D eigenvalue weighted by Gasteiger charge is -2.17. The van der Waals surface area contributed by atoms with Crippen molar-refractivity contribution in [3.05, 3.63) is 29.3 Å². The van der Waals surface area contributed by atoms with Crippen LogP contribution in [0.25, 0.3) is 0 Å². The molecular formula is C15H25NO. The molecule has 0 spiro atoms. The van der Waals surface area contributed by atoms with Crippen molar-refractivity contribution in [1.82, 2.24) is 5.32 Å². The maximum Gasteiger partial charge on any atom is 0.124 e. The van der Waals surface area contributed by atoms with Gasteiger partial charge < -0.3 is 10.1 Å². The van der Waals surface area contributed by atoms with Gasteiger partial charge in [0.15, 0.2) is 0 Å². The highest BCUT2D eigenvalue weighted by atomic mass is 16.5. The first-order valence-corrected chi connectivity index (χ1v) is 6.45. The summed E-state index contributed by atoms with van der Waals surface area (Å²) in [6, 6.07) is 6.71. The van der Waals surface area contributed by atoms with Crippen LogP contribution in [0, 0.1) is 12.8 Å². The van der Waals surface area contributed by atoms with Gasteiger partial charge in [0, 0.05) is 11.6 Å². The fraction of sp³-hybridized carbons (Fsp3) is 0.600. The SMILES string of the molecule is CNC(C)c1cc(C)ccc1OCCC(C)C. The van der Waals surface area contributed by atoms with E-state index in [-0.39, 0.29) is 0 Å². The zero-order valence-electron chi connectivity index (χ0n) is 11.7. The Morgan fingerprint density at radius 1 is 1.24 bits per heavy atom. The average molecular weight is 235 g/mol. The fourth-order valence-electron chi connectivity index (χ4n) is 1.70. The average Bonchev–Trinajstić information content (AvgIpc) is 2.29. The summed E-state index contributed by atoms with van der Waals surface area (Å²) >= 11 is 0. The molecule has 0 aliphatic carbocycles. The lowest BCUT2D eigenvalue weighted by Crippen LogP contribution is -2.14. The molecule has 2 nitrogen and oxygen atoms in total. The summed E-state index contributed by atoms with van der Waals surface area (Å²) in [7, 11) is 1.98. The number of benzene rings is 1. The molecule has 0 fully saturated rings. The molecule has 0 aromatic heterocycles. The van der Waals surface area contributed by atoms with Gasteiger partial charge in [-0.25, -0.2) is 0 Å². The standard InChI is InChI=1S/C15H25NO/c1-11(2)8-9-17-15-7-6-12(3)10-14(15)13(4)16-5/h6-7,10-11,13,16H,8-9H2,1-5H3. The first kappa shape index (κ1) is 14.0. The Bertz CT molecular complexity index is 347. The van der Waals surface area contributed by atoms with Gasteiger partial charge in [0.05, 0.1) is 6.61 Å². The van der Waals surface area contributed by atoms with E-state index in [9.17, 15) is 0 Å². The van der Waals surface area contributed by atoms with Crippen molar-refractivity contribution < 1.29 is 4.74 Å². The van der Waals surface area contributed by atoms with Crippen LogP contribution in [0.1, 0.15) is 44.4 Å². The molecule has 0 aliphatic rings. The molecule has 0 amide bonds. The molecule has 1 aromatic rings. The predicted octanol–water partition coefficient (Wildman–Crippen LogP) is 3.70. The smallest absolute Gasteiger partial charge is 0.124 e. The quantitative estimate of drug-likeness (QED) is 0.811. The predicted molar refractivity (Wildman–Crippen MR) is 73.6 cm³/mol. The molecule has 0 saturated carbocycles. The van der Waals surface area contributed by atoms with Crippen molar-refractivity contribution in [2.24, 2.45) is 5.92 Å². The zero-order valence-corrected chi connectivity index (χ0v) is 11.7. The summed E-state index contributed by atoms with van der Waals surface area (Å²) in [5.74, 6) is 1.70. The largest absolute Gasteiger partial charge is 0.493 e. The second-order valence-corrected chi connectivity index (χ2v) is 5.08. The number of nitrogens with one attached hydrogen (secondary N) is 1. The van der Waals surface area contributed by atoms with Gasteiger partial charge >= 0.3 is 0 Å². The second-order valence-electron chi connectivity index (χ2n) is 5.08. The van der Waals surface area contributed by atoms with Crippen molar-refractivity contribution >= 4 is 0 Å². The number of hydrogen-bond donors (Lipinski definition) is 1. The maximum absolute atomic E-state index is 5.89. The van der Waals surface area contributed by atoms with Gasteiger partial charge in [0.1, 0.15) is 5.75 Å². The van der Waals surface area contributed by atoms with Gasteiger partial charge in [-0.15, -0.1) is 0 Å². The highest BCUT2D eigenvalue weighted by Gasteiger charge is 2.10. The van der Waals surface area contributed by atoms with Crippen LogP contribution in [0.15, 0.2) is 18.2 Å². The molecule has 1 N–H and O–H groups in total. The number of aryl methyl sites for hydroxylation is 1. The van der Waals surface area contributed by atoms with Crippen molar-refractivity contribution in [2.75, 3.05) is 13.7 Å². The monoisotopic (exact) mass is 235 g/mol. The van der Waals surface area contributed by atoms with E-state index in [1.54, 1.807) is 0 Å². The van der Waals surface area contributed by atoms with Crippen LogP contribution in [-0.2, 0) is 0 Å². The van der Waals surface area contributed by atoms with Gasteiger partial charge in [-0.05, 0) is 39.3 Å². The molecule has 1 aromatic carbocycles. The van der Waals surface area contributed by atoms with Crippen LogP contribution in [0.5, 0.6) is 5.75 Å². The number of ether oxygens (including phenoxy) is 1. The molecule has 96 valence electrons. The van der Waals surface area contributed by atoms with Crippen molar-refractivity contribution in [2.45, 2.75) is 40.2 Å². The third-order valence-corrected chi connectivity index (χ3v) is 3.02. The number of hydrogen-bond acceptors (Lipinski definition) is 2. The molecule has 17 heavy (non-hydrogen) atoms. The highest BCUT2D eigenvalue weighted by molar-refractivity contribution is 5.38. The van der Waals surface area contributed by atoms with E-state index in [1.807, 2.05) is 7.05 Å². The van der Waals surface area contributed by atoms with E-state index in [2.05, 4.69) is 51.2 Å². The first-order chi connectivity index (χ1) is 8.04. The van der Waals surface area contributed by atoms with Crippen LogP contribution in [0.3, 0.4) is 0 Å². The minimum Gasteiger partial charge on any atom is -0.493 e. The van der Waals surface area contributed by atoms with Crippen LogP contribution >= 0.6 is 0 Å². The minimum atomic E-state index is 0.323. The van der Waals surface area contributed by atoms with Crippen LogP contribution in [0.4, 0.5) is 0 Å². The first-order valence-electron chi connectivity index (χ1n) is 6.45. The van der Waals surface area contributed by atoms with E-state index >= 15 is 0 Å². The van der Waals surface area contributed by atoms with E-state index in [0.29, 0.717) is 12.0 Å². The second kappa shape index (κ2) is 6.65. The van der Waals surface area contributed by atoms with Crippen LogP contribution in [-0.4, -0.2) is 13.7 Å². The summed E-state index contributed by atoms with van der Waals surface area (Å²) < 4.78 is 5.89. The Hall–Kier alpha value is -1.02. The Kier molecular flexibility index (Phi) is 5.49. The number of rotatable bonds is 6. The van der Waals surface area contributed by atoms with Gasteiger partial charge in [0.25, 0.3) is 0 Å². The topological polar surface area (TPSA) is 21.3 Å². The fourth-order valence-corrected chi connectivity index (χ4v) is 1.70. The molecule has 0 heterocycles. The summed E-state index contributed by atoms with van der Waals surface area (Å²) in [5.41, 5.74) is 2.52. The van der Waals surface area contributed by atoms with Gasteiger partial charge in [-0.1, -0.05) is 31.5 Å². The van der Waals surface area contributed by atoms with Crippen molar-refractivity contribution in [3.63, 3.8) is 0 Å². The van der Waals surface area contributed by atoms with Crippen LogP contribution in [0.2, 0.25) is 0 Å². The van der Waals surface area contributed by atoms with E-state index < -0.39 is 0 Å². The normalized spacial score (nSPS) is 12.8. The molecule has 2 heteroatoms. The molecular weight excluding hydrogens is 210 g/mol. The highest BCUT2D eigenvalue weighted by Crippen LogP contribution is 2.26. The van der Waals surface area contributed by atoms with Crippen molar-refractivity contribution in [1.29, 1.82) is 0 Å². The molecule has 0 radical (unpaired) electrons.